The first-order valence-corrected chi connectivity index (χ1v) is 15.5. The molecule has 11 nitrogen and oxygen atoms in total. The van der Waals surface area contributed by atoms with Crippen molar-refractivity contribution >= 4 is 62.2 Å². The third kappa shape index (κ3) is 8.11. The summed E-state index contributed by atoms with van der Waals surface area (Å²) in [5.41, 5.74) is 1.73. The number of nitrogens with one attached hydrogen (secondary N) is 1. The molecule has 0 aliphatic carbocycles. The molecule has 258 valence electrons. The quantitative estimate of drug-likeness (QED) is 0.0619. The molecule has 0 aliphatic rings. The van der Waals surface area contributed by atoms with Crippen LogP contribution in [-0.2, 0) is 17.1 Å². The van der Waals surface area contributed by atoms with Gasteiger partial charge in [0.15, 0.2) is 17.8 Å². The number of para-hydroxylation sites is 3. The van der Waals surface area contributed by atoms with Gasteiger partial charge in [0, 0.05) is 33.5 Å². The molecule has 0 saturated heterocycles. The molecule has 0 saturated carbocycles. The van der Waals surface area contributed by atoms with E-state index in [0.29, 0.717) is 22.7 Å². The zero-order valence-electron chi connectivity index (χ0n) is 27.1. The fourth-order valence-corrected chi connectivity index (χ4v) is 5.15. The van der Waals surface area contributed by atoms with Crippen LogP contribution in [0.1, 0.15) is 20.7 Å². The Hall–Kier alpha value is -6.88. The minimum atomic E-state index is -0.460. The largest absolute Gasteiger partial charge is 0.506 e. The maximum atomic E-state index is 12.8. The van der Waals surface area contributed by atoms with Crippen molar-refractivity contribution in [1.29, 1.82) is 0 Å². The molecule has 5 N–H and O–H groups in total. The number of phenolic OH excluding ortho intramolecular Hbond substituents is 4. The first kappa shape index (κ1) is 36.4. The van der Waals surface area contributed by atoms with E-state index in [9.17, 15) is 30.0 Å². The average molecular weight is 732 g/mol. The van der Waals surface area contributed by atoms with Crippen molar-refractivity contribution in [3.05, 3.63) is 151 Å². The van der Waals surface area contributed by atoms with E-state index in [2.05, 4.69) is 25.8 Å². The van der Waals surface area contributed by atoms with Gasteiger partial charge in [0.2, 0.25) is 0 Å². The Bertz CT molecular complexity index is 2450. The smallest absolute Gasteiger partial charge is 0.259 e. The van der Waals surface area contributed by atoms with Crippen LogP contribution in [-0.4, -0.2) is 32.6 Å². The summed E-state index contributed by atoms with van der Waals surface area (Å²) in [6.07, 6.45) is 0.570. The zero-order chi connectivity index (χ0) is 35.7. The minimum Gasteiger partial charge on any atom is -0.506 e. The van der Waals surface area contributed by atoms with Crippen LogP contribution in [0, 0.1) is 0 Å². The Kier molecular flexibility index (Phi) is 11.7. The Morgan fingerprint density at radius 2 is 1.00 bits per heavy atom. The summed E-state index contributed by atoms with van der Waals surface area (Å²) in [5, 5.41) is 62.4. The van der Waals surface area contributed by atoms with Crippen molar-refractivity contribution in [2.45, 2.75) is 0 Å². The van der Waals surface area contributed by atoms with Crippen LogP contribution >= 0.6 is 0 Å². The number of carbonyl (C=O) groups excluding carboxylic acids is 2. The Morgan fingerprint density at radius 3 is 1.54 bits per heavy atom. The van der Waals surface area contributed by atoms with Gasteiger partial charge in [-0.1, -0.05) is 91.0 Å². The summed E-state index contributed by atoms with van der Waals surface area (Å²) in [6.45, 7) is 0. The Labute approximate surface area is 307 Å². The van der Waals surface area contributed by atoms with Crippen LogP contribution in [0.5, 0.6) is 23.0 Å². The van der Waals surface area contributed by atoms with Gasteiger partial charge in [0.05, 0.1) is 11.1 Å². The fourth-order valence-electron chi connectivity index (χ4n) is 5.15. The van der Waals surface area contributed by atoms with Crippen molar-refractivity contribution in [3.63, 3.8) is 0 Å². The number of nitrogens with zero attached hydrogens (tertiary/aromatic N) is 4. The number of hydrogen-bond acceptors (Lipinski definition) is 10. The average Bonchev–Trinajstić information content (AvgIpc) is 3.15. The molecule has 0 bridgehead atoms. The molecule has 7 aromatic rings. The molecule has 0 aliphatic heterocycles. The summed E-state index contributed by atoms with van der Waals surface area (Å²) in [5.74, 6) is -1.01. The van der Waals surface area contributed by atoms with Gasteiger partial charge in [-0.3, -0.25) is 9.59 Å². The first-order chi connectivity index (χ1) is 24.8. The standard InChI is InChI=1S/C23H17N3O3.C17H12N2O3.Fe/c27-20-13-7-6-12-19(20)25-26-21-17-11-5-4-8-15(17)14-18(22(21)28)23(29)24-16-9-2-1-3-10-16;20-10-12-9-11-5-1-2-6-13(11)16(17(12)22)19-18-14-7-3-4-8-15(14)21;/h1-14,27-28H,(H,24,29);1-10,21-22H;. The monoisotopic (exact) mass is 731 g/mol. The SMILES string of the molecule is O=C(Nc1ccccc1)c1cc2ccccc2c(N=Nc2ccccc2O)c1O.O=Cc1cc2ccccc2c(N=Nc2ccccc2O)c1O.[Fe]. The van der Waals surface area contributed by atoms with E-state index in [-0.39, 0.29) is 73.9 Å². The van der Waals surface area contributed by atoms with Crippen molar-refractivity contribution in [2.24, 2.45) is 20.5 Å². The fraction of sp³-hybridized carbons (Fsp3) is 0. The number of carbonyl (C=O) groups is 2. The van der Waals surface area contributed by atoms with Crippen LogP contribution in [0.25, 0.3) is 21.5 Å². The number of benzene rings is 7. The summed E-state index contributed by atoms with van der Waals surface area (Å²) in [4.78, 5) is 23.9. The zero-order valence-corrected chi connectivity index (χ0v) is 28.2. The van der Waals surface area contributed by atoms with Crippen molar-refractivity contribution in [1.82, 2.24) is 0 Å². The number of amides is 1. The molecular formula is C40H29FeN5O6. The van der Waals surface area contributed by atoms with Gasteiger partial charge >= 0.3 is 0 Å². The molecule has 7 aromatic carbocycles. The number of aldehydes is 1. The van der Waals surface area contributed by atoms with E-state index in [4.69, 9.17) is 0 Å². The van der Waals surface area contributed by atoms with E-state index in [0.717, 1.165) is 10.8 Å². The van der Waals surface area contributed by atoms with Crippen LogP contribution in [0.2, 0.25) is 0 Å². The molecule has 0 radical (unpaired) electrons. The molecule has 52 heavy (non-hydrogen) atoms. The summed E-state index contributed by atoms with van der Waals surface area (Å²) >= 11 is 0. The van der Waals surface area contributed by atoms with Crippen LogP contribution in [0.3, 0.4) is 0 Å². The molecule has 12 heteroatoms. The predicted octanol–water partition coefficient (Wildman–Crippen LogP) is 10.4. The molecule has 7 rings (SSSR count). The maximum absolute atomic E-state index is 12.8. The predicted molar refractivity (Wildman–Crippen MR) is 196 cm³/mol. The van der Waals surface area contributed by atoms with Gasteiger partial charge in [-0.05, 0) is 59.3 Å². The van der Waals surface area contributed by atoms with Gasteiger partial charge in [0.1, 0.15) is 34.2 Å². The van der Waals surface area contributed by atoms with E-state index < -0.39 is 5.91 Å². The third-order valence-electron chi connectivity index (χ3n) is 7.70. The Morgan fingerprint density at radius 1 is 0.538 bits per heavy atom. The van der Waals surface area contributed by atoms with Crippen LogP contribution in [0.4, 0.5) is 28.4 Å². The molecule has 0 fully saturated rings. The number of azo groups is 2. The molecular weight excluding hydrogens is 702 g/mol. The number of hydrogen-bond donors (Lipinski definition) is 5. The van der Waals surface area contributed by atoms with Crippen LogP contribution < -0.4 is 5.32 Å². The molecule has 0 spiro atoms. The van der Waals surface area contributed by atoms with Crippen molar-refractivity contribution in [3.8, 4) is 23.0 Å². The number of aromatic hydroxyl groups is 4. The maximum Gasteiger partial charge on any atom is 0.259 e. The van der Waals surface area contributed by atoms with E-state index in [1.54, 1.807) is 78.9 Å². The van der Waals surface area contributed by atoms with E-state index >= 15 is 0 Å². The topological polar surface area (TPSA) is 177 Å². The normalized spacial score (nSPS) is 10.8. The number of rotatable bonds is 7. The summed E-state index contributed by atoms with van der Waals surface area (Å²) in [7, 11) is 0. The minimum absolute atomic E-state index is 0. The third-order valence-corrected chi connectivity index (χ3v) is 7.70. The second-order valence-electron chi connectivity index (χ2n) is 11.0. The van der Waals surface area contributed by atoms with Gasteiger partial charge in [-0.2, -0.15) is 0 Å². The Balaban J connectivity index is 0.000000205. The summed E-state index contributed by atoms with van der Waals surface area (Å²) < 4.78 is 0. The number of phenols is 4. The molecule has 0 aromatic heterocycles. The number of fused-ring (bicyclic) bond motifs is 2. The van der Waals surface area contributed by atoms with E-state index in [1.807, 2.05) is 48.5 Å². The van der Waals surface area contributed by atoms with Gasteiger partial charge in [-0.15, -0.1) is 20.5 Å². The van der Waals surface area contributed by atoms with Gasteiger partial charge in [-0.25, -0.2) is 0 Å². The van der Waals surface area contributed by atoms with Crippen molar-refractivity contribution < 1.29 is 47.1 Å². The van der Waals surface area contributed by atoms with Gasteiger partial charge < -0.3 is 25.7 Å². The van der Waals surface area contributed by atoms with E-state index in [1.165, 1.54) is 12.1 Å². The first-order valence-electron chi connectivity index (χ1n) is 15.5. The van der Waals surface area contributed by atoms with Crippen LogP contribution in [0.15, 0.2) is 160 Å². The molecule has 0 heterocycles. The summed E-state index contributed by atoms with van der Waals surface area (Å²) in [6, 6.07) is 39.7. The van der Waals surface area contributed by atoms with Gasteiger partial charge in [0.25, 0.3) is 5.91 Å². The second kappa shape index (κ2) is 16.7. The van der Waals surface area contributed by atoms with Crippen molar-refractivity contribution in [2.75, 3.05) is 5.32 Å². The number of anilines is 1. The molecule has 0 unspecified atom stereocenters. The molecule has 0 atom stereocenters. The second-order valence-corrected chi connectivity index (χ2v) is 11.0. The molecule has 1 amide bonds.